The fraction of sp³-hybridized carbons (Fsp3) is 0.429. The van der Waals surface area contributed by atoms with E-state index >= 15 is 0 Å². The Bertz CT molecular complexity index is 191. The zero-order valence-corrected chi connectivity index (χ0v) is 6.40. The first kappa shape index (κ1) is 6.78. The average Bonchev–Trinajstić information content (AvgIpc) is 2.13. The first-order valence-electron chi connectivity index (χ1n) is 2.92. The Kier molecular flexibility index (Phi) is 1.88. The molecule has 1 rings (SSSR count). The third-order valence-corrected chi connectivity index (χ3v) is 2.22. The third kappa shape index (κ3) is 1.32. The molecule has 1 N–H and O–H groups in total. The second-order valence-electron chi connectivity index (χ2n) is 2.19. The molecule has 0 aliphatic carbocycles. The monoisotopic (exact) mass is 142 g/mol. The van der Waals surface area contributed by atoms with Gasteiger partial charge >= 0.3 is 0 Å². The molecule has 0 aromatic carbocycles. The Balaban J connectivity index is 2.94. The van der Waals surface area contributed by atoms with Crippen LogP contribution in [0.3, 0.4) is 0 Å². The van der Waals surface area contributed by atoms with E-state index in [1.165, 1.54) is 5.56 Å². The minimum absolute atomic E-state index is 0.309. The molecule has 1 nitrogen and oxygen atoms in total. The number of rotatable bonds is 1. The summed E-state index contributed by atoms with van der Waals surface area (Å²) in [6.07, 6.45) is -0.309. The van der Waals surface area contributed by atoms with Gasteiger partial charge in [-0.3, -0.25) is 0 Å². The Hall–Kier alpha value is -0.340. The molecule has 1 aromatic rings. The standard InChI is InChI=1S/C7H10OS/c1-5-3-9-4-7(5)6(2)8/h3-4,6,8H,1-2H3/t6-/m0/s1. The van der Waals surface area contributed by atoms with Crippen molar-refractivity contribution in [3.63, 3.8) is 0 Å². The Labute approximate surface area is 59.0 Å². The Morgan fingerprint density at radius 2 is 2.22 bits per heavy atom. The molecule has 1 atom stereocenters. The van der Waals surface area contributed by atoms with Crippen LogP contribution in [-0.4, -0.2) is 5.11 Å². The summed E-state index contributed by atoms with van der Waals surface area (Å²) in [5.41, 5.74) is 2.25. The molecule has 0 amide bonds. The summed E-state index contributed by atoms with van der Waals surface area (Å²) in [6, 6.07) is 0. The van der Waals surface area contributed by atoms with Crippen molar-refractivity contribution in [2.24, 2.45) is 0 Å². The van der Waals surface area contributed by atoms with Crippen molar-refractivity contribution < 1.29 is 5.11 Å². The van der Waals surface area contributed by atoms with Crippen LogP contribution in [0.15, 0.2) is 10.8 Å². The first-order chi connectivity index (χ1) is 4.22. The lowest BCUT2D eigenvalue weighted by Gasteiger charge is -2.00. The Morgan fingerprint density at radius 1 is 1.56 bits per heavy atom. The maximum atomic E-state index is 9.10. The molecular weight excluding hydrogens is 132 g/mol. The summed E-state index contributed by atoms with van der Waals surface area (Å²) < 4.78 is 0. The number of aryl methyl sites for hydroxylation is 1. The molecule has 2 heteroatoms. The summed E-state index contributed by atoms with van der Waals surface area (Å²) in [7, 11) is 0. The summed E-state index contributed by atoms with van der Waals surface area (Å²) >= 11 is 1.63. The van der Waals surface area contributed by atoms with Gasteiger partial charge in [0.15, 0.2) is 0 Å². The van der Waals surface area contributed by atoms with Crippen molar-refractivity contribution in [2.45, 2.75) is 20.0 Å². The molecule has 0 unspecified atom stereocenters. The highest BCUT2D eigenvalue weighted by Crippen LogP contribution is 2.20. The normalized spacial score (nSPS) is 13.7. The van der Waals surface area contributed by atoms with Crippen LogP contribution in [0.2, 0.25) is 0 Å². The van der Waals surface area contributed by atoms with Crippen LogP contribution in [0.4, 0.5) is 0 Å². The van der Waals surface area contributed by atoms with Crippen LogP contribution >= 0.6 is 11.3 Å². The second-order valence-corrected chi connectivity index (χ2v) is 2.93. The minimum atomic E-state index is -0.309. The van der Waals surface area contributed by atoms with Crippen LogP contribution in [0.25, 0.3) is 0 Å². The summed E-state index contributed by atoms with van der Waals surface area (Å²) in [6.45, 7) is 3.80. The van der Waals surface area contributed by atoms with E-state index in [1.807, 2.05) is 17.7 Å². The number of aliphatic hydroxyl groups excluding tert-OH is 1. The van der Waals surface area contributed by atoms with Crippen molar-refractivity contribution in [1.82, 2.24) is 0 Å². The van der Waals surface area contributed by atoms with Gasteiger partial charge in [0, 0.05) is 0 Å². The molecule has 1 heterocycles. The fourth-order valence-electron chi connectivity index (χ4n) is 0.798. The second kappa shape index (κ2) is 2.50. The van der Waals surface area contributed by atoms with Gasteiger partial charge in [-0.2, -0.15) is 11.3 Å². The van der Waals surface area contributed by atoms with Gasteiger partial charge in [-0.15, -0.1) is 0 Å². The molecule has 0 aliphatic rings. The summed E-state index contributed by atoms with van der Waals surface area (Å²) in [5, 5.41) is 13.1. The van der Waals surface area contributed by atoms with Crippen molar-refractivity contribution in [3.05, 3.63) is 21.9 Å². The highest BCUT2D eigenvalue weighted by Gasteiger charge is 2.03. The third-order valence-electron chi connectivity index (χ3n) is 1.35. The Morgan fingerprint density at radius 3 is 2.44 bits per heavy atom. The summed E-state index contributed by atoms with van der Waals surface area (Å²) in [5.74, 6) is 0. The van der Waals surface area contributed by atoms with Gasteiger partial charge in [-0.1, -0.05) is 0 Å². The molecule has 0 radical (unpaired) electrons. The maximum Gasteiger partial charge on any atom is 0.0772 e. The van der Waals surface area contributed by atoms with Crippen LogP contribution in [-0.2, 0) is 0 Å². The zero-order valence-electron chi connectivity index (χ0n) is 5.59. The highest BCUT2D eigenvalue weighted by atomic mass is 32.1. The van der Waals surface area contributed by atoms with Crippen LogP contribution in [0, 0.1) is 6.92 Å². The molecule has 9 heavy (non-hydrogen) atoms. The van der Waals surface area contributed by atoms with E-state index in [0.29, 0.717) is 0 Å². The summed E-state index contributed by atoms with van der Waals surface area (Å²) in [4.78, 5) is 0. The predicted octanol–water partition coefficient (Wildman–Crippen LogP) is 2.11. The van der Waals surface area contributed by atoms with E-state index in [0.717, 1.165) is 5.56 Å². The van der Waals surface area contributed by atoms with Crippen molar-refractivity contribution in [3.8, 4) is 0 Å². The quantitative estimate of drug-likeness (QED) is 0.636. The number of aliphatic hydroxyl groups is 1. The maximum absolute atomic E-state index is 9.10. The number of thiophene rings is 1. The molecule has 1 aromatic heterocycles. The molecule has 0 saturated carbocycles. The highest BCUT2D eigenvalue weighted by molar-refractivity contribution is 7.08. The lowest BCUT2D eigenvalue weighted by Crippen LogP contribution is -1.88. The molecule has 50 valence electrons. The van der Waals surface area contributed by atoms with Gasteiger partial charge in [0.25, 0.3) is 0 Å². The molecule has 0 bridgehead atoms. The first-order valence-corrected chi connectivity index (χ1v) is 3.87. The van der Waals surface area contributed by atoms with Gasteiger partial charge in [-0.25, -0.2) is 0 Å². The molecule has 0 spiro atoms. The van der Waals surface area contributed by atoms with E-state index in [-0.39, 0.29) is 6.10 Å². The lowest BCUT2D eigenvalue weighted by molar-refractivity contribution is 0.199. The van der Waals surface area contributed by atoms with Gasteiger partial charge in [0.2, 0.25) is 0 Å². The van der Waals surface area contributed by atoms with Gasteiger partial charge in [0.05, 0.1) is 6.10 Å². The van der Waals surface area contributed by atoms with Crippen molar-refractivity contribution in [2.75, 3.05) is 0 Å². The molecule has 0 aliphatic heterocycles. The van der Waals surface area contributed by atoms with E-state index in [2.05, 4.69) is 0 Å². The van der Waals surface area contributed by atoms with Gasteiger partial charge in [0.1, 0.15) is 0 Å². The van der Waals surface area contributed by atoms with Crippen LogP contribution in [0.5, 0.6) is 0 Å². The van der Waals surface area contributed by atoms with Crippen LogP contribution < -0.4 is 0 Å². The minimum Gasteiger partial charge on any atom is -0.389 e. The van der Waals surface area contributed by atoms with Crippen molar-refractivity contribution >= 4 is 11.3 Å². The van der Waals surface area contributed by atoms with Gasteiger partial charge in [-0.05, 0) is 35.7 Å². The predicted molar refractivity (Wildman–Crippen MR) is 39.7 cm³/mol. The molecular formula is C7H10OS. The van der Waals surface area contributed by atoms with E-state index in [9.17, 15) is 0 Å². The zero-order chi connectivity index (χ0) is 6.85. The molecule has 0 fully saturated rings. The van der Waals surface area contributed by atoms with Gasteiger partial charge < -0.3 is 5.11 Å². The largest absolute Gasteiger partial charge is 0.389 e. The average molecular weight is 142 g/mol. The topological polar surface area (TPSA) is 20.2 Å². The SMILES string of the molecule is Cc1cscc1[C@H](C)O. The van der Waals surface area contributed by atoms with Crippen LogP contribution in [0.1, 0.15) is 24.2 Å². The smallest absolute Gasteiger partial charge is 0.0772 e. The van der Waals surface area contributed by atoms with E-state index < -0.39 is 0 Å². The number of hydrogen-bond acceptors (Lipinski definition) is 2. The van der Waals surface area contributed by atoms with E-state index in [1.54, 1.807) is 18.3 Å². The lowest BCUT2D eigenvalue weighted by atomic mass is 10.1. The van der Waals surface area contributed by atoms with E-state index in [4.69, 9.17) is 5.11 Å². The molecule has 0 saturated heterocycles. The van der Waals surface area contributed by atoms with Crippen molar-refractivity contribution in [1.29, 1.82) is 0 Å². The fourth-order valence-corrected chi connectivity index (χ4v) is 1.74. The number of hydrogen-bond donors (Lipinski definition) is 1.